The summed E-state index contributed by atoms with van der Waals surface area (Å²) in [4.78, 5) is 24.1. The van der Waals surface area contributed by atoms with Crippen molar-refractivity contribution in [3.63, 3.8) is 0 Å². The normalized spacial score (nSPS) is 26.4. The second-order valence-electron chi connectivity index (χ2n) is 6.35. The monoisotopic (exact) mass is 309 g/mol. The van der Waals surface area contributed by atoms with Crippen molar-refractivity contribution in [3.05, 3.63) is 12.7 Å². The van der Waals surface area contributed by atoms with Crippen LogP contribution in [-0.2, 0) is 14.3 Å². The minimum atomic E-state index is -0.584. The summed E-state index contributed by atoms with van der Waals surface area (Å²) in [7, 11) is 1.36. The lowest BCUT2D eigenvalue weighted by molar-refractivity contribution is -0.144. The van der Waals surface area contributed by atoms with Crippen LogP contribution < -0.4 is 5.32 Å². The SMILES string of the molecule is C=CC[C@@H]1CCC[C@H]1OC(=O)N[C@H](C(=O)OC)C1CCCC1. The Morgan fingerprint density at radius 1 is 1.23 bits per heavy atom. The Balaban J connectivity index is 1.90. The molecule has 1 N–H and O–H groups in total. The molecular formula is C17H27NO4. The van der Waals surface area contributed by atoms with Crippen LogP contribution in [-0.4, -0.2) is 31.3 Å². The van der Waals surface area contributed by atoms with E-state index in [1.54, 1.807) is 0 Å². The fraction of sp³-hybridized carbons (Fsp3) is 0.765. The third-order valence-corrected chi connectivity index (χ3v) is 4.92. The Hall–Kier alpha value is -1.52. The number of hydrogen-bond donors (Lipinski definition) is 1. The summed E-state index contributed by atoms with van der Waals surface area (Å²) < 4.78 is 10.4. The number of allylic oxidation sites excluding steroid dienone is 1. The van der Waals surface area contributed by atoms with Crippen LogP contribution in [0, 0.1) is 11.8 Å². The molecule has 0 spiro atoms. The zero-order valence-electron chi connectivity index (χ0n) is 13.4. The maximum atomic E-state index is 12.2. The Morgan fingerprint density at radius 3 is 2.59 bits per heavy atom. The molecule has 0 aromatic carbocycles. The van der Waals surface area contributed by atoms with Gasteiger partial charge >= 0.3 is 12.1 Å². The molecule has 0 aromatic rings. The Morgan fingerprint density at radius 2 is 1.95 bits per heavy atom. The first-order valence-electron chi connectivity index (χ1n) is 8.31. The fourth-order valence-corrected chi connectivity index (χ4v) is 3.73. The molecule has 0 aromatic heterocycles. The van der Waals surface area contributed by atoms with Crippen LogP contribution in [0.4, 0.5) is 4.79 Å². The highest BCUT2D eigenvalue weighted by Gasteiger charge is 2.35. The lowest BCUT2D eigenvalue weighted by Gasteiger charge is -2.24. The smallest absolute Gasteiger partial charge is 0.408 e. The molecule has 0 saturated heterocycles. The molecule has 2 rings (SSSR count). The van der Waals surface area contributed by atoms with Crippen LogP contribution in [0.2, 0.25) is 0 Å². The highest BCUT2D eigenvalue weighted by molar-refractivity contribution is 5.81. The number of esters is 1. The van der Waals surface area contributed by atoms with Crippen molar-refractivity contribution in [2.45, 2.75) is 63.5 Å². The number of ether oxygens (including phenoxy) is 2. The second kappa shape index (κ2) is 8.20. The van der Waals surface area contributed by atoms with E-state index in [1.807, 2.05) is 6.08 Å². The topological polar surface area (TPSA) is 64.6 Å². The standard InChI is InChI=1S/C17H27NO4/c1-3-7-12-10-6-11-14(12)22-17(20)18-15(16(19)21-2)13-8-4-5-9-13/h3,12-15H,1,4-11H2,2H3,(H,18,20)/t12-,14-,15+/m1/s1. The Kier molecular flexibility index (Phi) is 6.28. The van der Waals surface area contributed by atoms with Gasteiger partial charge in [0.2, 0.25) is 0 Å². The molecule has 0 unspecified atom stereocenters. The molecule has 0 aliphatic heterocycles. The first kappa shape index (κ1) is 16.8. The number of hydrogen-bond acceptors (Lipinski definition) is 4. The first-order valence-corrected chi connectivity index (χ1v) is 8.31. The fourth-order valence-electron chi connectivity index (χ4n) is 3.73. The van der Waals surface area contributed by atoms with Crippen molar-refractivity contribution in [2.24, 2.45) is 11.8 Å². The number of alkyl carbamates (subject to hydrolysis) is 1. The lowest BCUT2D eigenvalue weighted by Crippen LogP contribution is -2.47. The van der Waals surface area contributed by atoms with Gasteiger partial charge in [0.05, 0.1) is 7.11 Å². The van der Waals surface area contributed by atoms with Crippen LogP contribution >= 0.6 is 0 Å². The molecule has 2 fully saturated rings. The zero-order chi connectivity index (χ0) is 15.9. The van der Waals surface area contributed by atoms with Crippen LogP contribution in [0.25, 0.3) is 0 Å². The number of carbonyl (C=O) groups excluding carboxylic acids is 2. The van der Waals surface area contributed by atoms with Gasteiger partial charge in [-0.25, -0.2) is 9.59 Å². The summed E-state index contributed by atoms with van der Waals surface area (Å²) in [6.07, 6.45) is 9.28. The predicted octanol–water partition coefficient (Wildman–Crippen LogP) is 3.19. The molecule has 22 heavy (non-hydrogen) atoms. The lowest BCUT2D eigenvalue weighted by atomic mass is 9.98. The Bertz CT molecular complexity index is 403. The molecular weight excluding hydrogens is 282 g/mol. The van der Waals surface area contributed by atoms with Crippen molar-refractivity contribution in [1.82, 2.24) is 5.32 Å². The quantitative estimate of drug-likeness (QED) is 0.604. The molecule has 2 aliphatic rings. The number of methoxy groups -OCH3 is 1. The summed E-state index contributed by atoms with van der Waals surface area (Å²) in [6.45, 7) is 3.76. The van der Waals surface area contributed by atoms with E-state index in [0.717, 1.165) is 51.4 Å². The van der Waals surface area contributed by atoms with Gasteiger partial charge in [0.25, 0.3) is 0 Å². The summed E-state index contributed by atoms with van der Waals surface area (Å²) in [5.41, 5.74) is 0. The highest BCUT2D eigenvalue weighted by atomic mass is 16.6. The van der Waals surface area contributed by atoms with Gasteiger partial charge in [0.1, 0.15) is 12.1 Å². The molecule has 2 saturated carbocycles. The van der Waals surface area contributed by atoms with Crippen LogP contribution in [0.5, 0.6) is 0 Å². The van der Waals surface area contributed by atoms with Gasteiger partial charge in [-0.15, -0.1) is 6.58 Å². The first-order chi connectivity index (χ1) is 10.7. The third kappa shape index (κ3) is 4.24. The number of nitrogens with one attached hydrogen (secondary N) is 1. The van der Waals surface area contributed by atoms with E-state index < -0.39 is 12.1 Å². The van der Waals surface area contributed by atoms with Crippen LogP contribution in [0.3, 0.4) is 0 Å². The van der Waals surface area contributed by atoms with E-state index in [1.165, 1.54) is 7.11 Å². The summed E-state index contributed by atoms with van der Waals surface area (Å²) in [5.74, 6) is 0.136. The summed E-state index contributed by atoms with van der Waals surface area (Å²) in [6, 6.07) is -0.584. The van der Waals surface area contributed by atoms with Gasteiger partial charge in [-0.1, -0.05) is 18.9 Å². The molecule has 124 valence electrons. The highest BCUT2D eigenvalue weighted by Crippen LogP contribution is 2.32. The number of rotatable bonds is 6. The second-order valence-corrected chi connectivity index (χ2v) is 6.35. The van der Waals surface area contributed by atoms with Gasteiger partial charge in [-0.3, -0.25) is 0 Å². The largest absolute Gasteiger partial charge is 0.467 e. The molecule has 3 atom stereocenters. The molecule has 0 bridgehead atoms. The molecule has 5 heteroatoms. The van der Waals surface area contributed by atoms with Crippen molar-refractivity contribution < 1.29 is 19.1 Å². The van der Waals surface area contributed by atoms with Gasteiger partial charge in [-0.2, -0.15) is 0 Å². The van der Waals surface area contributed by atoms with Gasteiger partial charge in [0, 0.05) is 0 Å². The molecule has 5 nitrogen and oxygen atoms in total. The number of amides is 1. The van der Waals surface area contributed by atoms with Crippen LogP contribution in [0.15, 0.2) is 12.7 Å². The van der Waals surface area contributed by atoms with E-state index >= 15 is 0 Å². The maximum Gasteiger partial charge on any atom is 0.408 e. The van der Waals surface area contributed by atoms with Gasteiger partial charge < -0.3 is 14.8 Å². The van der Waals surface area contributed by atoms with E-state index in [4.69, 9.17) is 9.47 Å². The van der Waals surface area contributed by atoms with Crippen molar-refractivity contribution in [1.29, 1.82) is 0 Å². The maximum absolute atomic E-state index is 12.2. The number of carbonyl (C=O) groups is 2. The summed E-state index contributed by atoms with van der Waals surface area (Å²) in [5, 5.41) is 2.74. The molecule has 0 heterocycles. The average molecular weight is 309 g/mol. The minimum absolute atomic E-state index is 0.0696. The van der Waals surface area contributed by atoms with Crippen molar-refractivity contribution >= 4 is 12.1 Å². The van der Waals surface area contributed by atoms with E-state index in [0.29, 0.717) is 5.92 Å². The average Bonchev–Trinajstić information content (AvgIpc) is 3.17. The molecule has 1 amide bonds. The van der Waals surface area contributed by atoms with Gasteiger partial charge in [-0.05, 0) is 50.4 Å². The van der Waals surface area contributed by atoms with E-state index in [9.17, 15) is 9.59 Å². The predicted molar refractivity (Wildman–Crippen MR) is 83.3 cm³/mol. The van der Waals surface area contributed by atoms with E-state index in [2.05, 4.69) is 11.9 Å². The minimum Gasteiger partial charge on any atom is -0.467 e. The molecule has 0 radical (unpaired) electrons. The van der Waals surface area contributed by atoms with Crippen molar-refractivity contribution in [2.75, 3.05) is 7.11 Å². The zero-order valence-corrected chi connectivity index (χ0v) is 13.4. The van der Waals surface area contributed by atoms with Crippen LogP contribution in [0.1, 0.15) is 51.4 Å². The van der Waals surface area contributed by atoms with Gasteiger partial charge in [0.15, 0.2) is 0 Å². The molecule has 2 aliphatic carbocycles. The third-order valence-electron chi connectivity index (χ3n) is 4.92. The summed E-state index contributed by atoms with van der Waals surface area (Å²) >= 11 is 0. The van der Waals surface area contributed by atoms with E-state index in [-0.39, 0.29) is 18.0 Å². The Labute approximate surface area is 132 Å². The van der Waals surface area contributed by atoms with Crippen molar-refractivity contribution in [3.8, 4) is 0 Å².